The summed E-state index contributed by atoms with van der Waals surface area (Å²) in [6.07, 6.45) is 0. The average molecular weight is 324 g/mol. The molecule has 1 atom stereocenters. The Morgan fingerprint density at radius 3 is 2.24 bits per heavy atom. The molecule has 0 radical (unpaired) electrons. The van der Waals surface area contributed by atoms with Crippen LogP contribution in [0.5, 0.6) is 0 Å². The van der Waals surface area contributed by atoms with Crippen LogP contribution >= 0.6 is 11.6 Å². The highest BCUT2D eigenvalue weighted by Crippen LogP contribution is 2.28. The van der Waals surface area contributed by atoms with Gasteiger partial charge in [-0.25, -0.2) is 8.42 Å². The molecule has 2 rings (SSSR count). The van der Waals surface area contributed by atoms with Crippen LogP contribution in [0.2, 0.25) is 5.02 Å². The van der Waals surface area contributed by atoms with Crippen LogP contribution in [0.4, 0.5) is 0 Å². The van der Waals surface area contributed by atoms with Crippen molar-refractivity contribution in [2.75, 3.05) is 7.05 Å². The summed E-state index contributed by atoms with van der Waals surface area (Å²) in [7, 11) is -1.81. The van der Waals surface area contributed by atoms with Crippen LogP contribution in [-0.2, 0) is 15.8 Å². The molecule has 0 spiro atoms. The third kappa shape index (κ3) is 3.84. The SMILES string of the molecule is C[C@@H](c1ccccc1Cl)N(C)S(=O)(=O)Cc1ccccc1. The molecular formula is C16H18ClNO2S. The standard InChI is InChI=1S/C16H18ClNO2S/c1-13(15-10-6-7-11-16(15)17)18(2)21(19,20)12-14-8-4-3-5-9-14/h3-11,13H,12H2,1-2H3/t13-/m0/s1. The smallest absolute Gasteiger partial charge is 0.212 e. The highest BCUT2D eigenvalue weighted by atomic mass is 35.5. The van der Waals surface area contributed by atoms with E-state index in [0.717, 1.165) is 11.1 Å². The third-order valence-corrected chi connectivity index (χ3v) is 5.77. The van der Waals surface area contributed by atoms with Gasteiger partial charge in [0.1, 0.15) is 0 Å². The lowest BCUT2D eigenvalue weighted by Gasteiger charge is -2.25. The summed E-state index contributed by atoms with van der Waals surface area (Å²) in [6.45, 7) is 1.84. The van der Waals surface area contributed by atoms with Gasteiger partial charge in [-0.15, -0.1) is 0 Å². The predicted octanol–water partition coefficient (Wildman–Crippen LogP) is 3.86. The van der Waals surface area contributed by atoms with Crippen molar-refractivity contribution in [2.45, 2.75) is 18.7 Å². The monoisotopic (exact) mass is 323 g/mol. The molecule has 0 bridgehead atoms. The summed E-state index contributed by atoms with van der Waals surface area (Å²) >= 11 is 6.15. The summed E-state index contributed by atoms with van der Waals surface area (Å²) in [5.74, 6) is -0.0147. The van der Waals surface area contributed by atoms with E-state index in [2.05, 4.69) is 0 Å². The summed E-state index contributed by atoms with van der Waals surface area (Å²) in [5.41, 5.74) is 1.58. The molecule has 0 aromatic heterocycles. The highest BCUT2D eigenvalue weighted by Gasteiger charge is 2.25. The molecule has 0 fully saturated rings. The Hall–Kier alpha value is -1.36. The normalized spacial score (nSPS) is 13.3. The van der Waals surface area contributed by atoms with Crippen LogP contribution in [0, 0.1) is 0 Å². The second-order valence-corrected chi connectivity index (χ2v) is 7.39. The van der Waals surface area contributed by atoms with E-state index in [1.807, 2.05) is 55.5 Å². The molecule has 5 heteroatoms. The maximum Gasteiger partial charge on any atom is 0.218 e. The van der Waals surface area contributed by atoms with E-state index in [1.54, 1.807) is 13.1 Å². The van der Waals surface area contributed by atoms with Gasteiger partial charge in [-0.3, -0.25) is 0 Å². The van der Waals surface area contributed by atoms with Crippen molar-refractivity contribution in [1.82, 2.24) is 4.31 Å². The highest BCUT2D eigenvalue weighted by molar-refractivity contribution is 7.88. The van der Waals surface area contributed by atoms with E-state index in [1.165, 1.54) is 4.31 Å². The number of sulfonamides is 1. The van der Waals surface area contributed by atoms with Gasteiger partial charge in [-0.05, 0) is 24.1 Å². The molecule has 112 valence electrons. The van der Waals surface area contributed by atoms with Gasteiger partial charge in [0.2, 0.25) is 10.0 Å². The number of hydrogen-bond acceptors (Lipinski definition) is 2. The molecule has 2 aromatic carbocycles. The van der Waals surface area contributed by atoms with Gasteiger partial charge in [0, 0.05) is 18.1 Å². The second kappa shape index (κ2) is 6.60. The van der Waals surface area contributed by atoms with Gasteiger partial charge in [0.15, 0.2) is 0 Å². The number of nitrogens with zero attached hydrogens (tertiary/aromatic N) is 1. The Kier molecular flexibility index (Phi) is 5.04. The molecule has 0 unspecified atom stereocenters. The van der Waals surface area contributed by atoms with E-state index in [-0.39, 0.29) is 11.8 Å². The van der Waals surface area contributed by atoms with E-state index in [0.29, 0.717) is 5.02 Å². The Bertz CT molecular complexity index is 701. The van der Waals surface area contributed by atoms with E-state index < -0.39 is 10.0 Å². The van der Waals surface area contributed by atoms with Crippen LogP contribution in [0.1, 0.15) is 24.1 Å². The second-order valence-electron chi connectivity index (χ2n) is 4.96. The zero-order valence-electron chi connectivity index (χ0n) is 12.0. The molecule has 21 heavy (non-hydrogen) atoms. The number of hydrogen-bond donors (Lipinski definition) is 0. The lowest BCUT2D eigenvalue weighted by Crippen LogP contribution is -2.31. The van der Waals surface area contributed by atoms with Crippen LogP contribution in [0.3, 0.4) is 0 Å². The fraction of sp³-hybridized carbons (Fsp3) is 0.250. The predicted molar refractivity (Wildman–Crippen MR) is 86.7 cm³/mol. The molecule has 0 aliphatic heterocycles. The molecule has 0 aliphatic rings. The molecule has 0 aliphatic carbocycles. The molecule has 0 N–H and O–H groups in total. The minimum absolute atomic E-state index is 0.0147. The quantitative estimate of drug-likeness (QED) is 0.837. The minimum Gasteiger partial charge on any atom is -0.212 e. The van der Waals surface area contributed by atoms with Gasteiger partial charge in [-0.2, -0.15) is 4.31 Å². The molecule has 0 heterocycles. The molecule has 0 saturated carbocycles. The van der Waals surface area contributed by atoms with Crippen molar-refractivity contribution >= 4 is 21.6 Å². The Labute approximate surface area is 131 Å². The van der Waals surface area contributed by atoms with Gasteiger partial charge in [0.25, 0.3) is 0 Å². The Balaban J connectivity index is 2.22. The topological polar surface area (TPSA) is 37.4 Å². The number of halogens is 1. The fourth-order valence-corrected chi connectivity index (χ4v) is 3.84. The molecule has 0 amide bonds. The lowest BCUT2D eigenvalue weighted by molar-refractivity contribution is 0.398. The lowest BCUT2D eigenvalue weighted by atomic mass is 10.1. The Morgan fingerprint density at radius 1 is 1.05 bits per heavy atom. The maximum absolute atomic E-state index is 12.5. The molecule has 2 aromatic rings. The van der Waals surface area contributed by atoms with Crippen molar-refractivity contribution in [2.24, 2.45) is 0 Å². The van der Waals surface area contributed by atoms with Crippen molar-refractivity contribution in [3.8, 4) is 0 Å². The van der Waals surface area contributed by atoms with Crippen molar-refractivity contribution < 1.29 is 8.42 Å². The van der Waals surface area contributed by atoms with Crippen molar-refractivity contribution in [3.63, 3.8) is 0 Å². The summed E-state index contributed by atoms with van der Waals surface area (Å²) in [4.78, 5) is 0. The zero-order valence-corrected chi connectivity index (χ0v) is 13.6. The molecule has 3 nitrogen and oxygen atoms in total. The van der Waals surface area contributed by atoms with Gasteiger partial charge >= 0.3 is 0 Å². The minimum atomic E-state index is -3.40. The Morgan fingerprint density at radius 2 is 1.62 bits per heavy atom. The number of benzene rings is 2. The summed E-state index contributed by atoms with van der Waals surface area (Å²) < 4.78 is 26.4. The molecular weight excluding hydrogens is 306 g/mol. The summed E-state index contributed by atoms with van der Waals surface area (Å²) in [6, 6.07) is 16.2. The summed E-state index contributed by atoms with van der Waals surface area (Å²) in [5, 5.41) is 0.576. The molecule has 0 saturated heterocycles. The first-order valence-corrected chi connectivity index (χ1v) is 8.64. The average Bonchev–Trinajstić information content (AvgIpc) is 2.47. The van der Waals surface area contributed by atoms with Crippen molar-refractivity contribution in [1.29, 1.82) is 0 Å². The first-order valence-electron chi connectivity index (χ1n) is 6.66. The van der Waals surface area contributed by atoms with Crippen LogP contribution in [0.15, 0.2) is 54.6 Å². The third-order valence-electron chi connectivity index (χ3n) is 3.53. The van der Waals surface area contributed by atoms with Crippen LogP contribution < -0.4 is 0 Å². The van der Waals surface area contributed by atoms with E-state index in [4.69, 9.17) is 11.6 Å². The van der Waals surface area contributed by atoms with Crippen molar-refractivity contribution in [3.05, 3.63) is 70.7 Å². The fourth-order valence-electron chi connectivity index (χ4n) is 2.14. The largest absolute Gasteiger partial charge is 0.218 e. The maximum atomic E-state index is 12.5. The van der Waals surface area contributed by atoms with Gasteiger partial charge < -0.3 is 0 Å². The first kappa shape index (κ1) is 16.0. The van der Waals surface area contributed by atoms with Crippen LogP contribution in [0.25, 0.3) is 0 Å². The van der Waals surface area contributed by atoms with Crippen LogP contribution in [-0.4, -0.2) is 19.8 Å². The van der Waals surface area contributed by atoms with E-state index in [9.17, 15) is 8.42 Å². The number of rotatable bonds is 5. The van der Waals surface area contributed by atoms with E-state index >= 15 is 0 Å². The van der Waals surface area contributed by atoms with Gasteiger partial charge in [-0.1, -0.05) is 60.1 Å². The first-order chi connectivity index (χ1) is 9.92. The van der Waals surface area contributed by atoms with Gasteiger partial charge in [0.05, 0.1) is 5.75 Å². The zero-order chi connectivity index (χ0) is 15.5.